The minimum atomic E-state index is -5.15. The Hall–Kier alpha value is -3.78. The molecule has 1 amide bonds. The fraction of sp³-hybridized carbons (Fsp3) is 0.409. The fourth-order valence-corrected chi connectivity index (χ4v) is 5.51. The van der Waals surface area contributed by atoms with Gasteiger partial charge in [-0.2, -0.15) is 0 Å². The van der Waals surface area contributed by atoms with Crippen LogP contribution in [-0.4, -0.2) is 74.9 Å². The minimum Gasteiger partial charge on any atom is -0.508 e. The summed E-state index contributed by atoms with van der Waals surface area (Å²) in [6.45, 7) is 0. The minimum absolute atomic E-state index is 0.289. The number of primary amides is 1. The Kier molecular flexibility index (Phi) is 5.53. The maximum atomic E-state index is 13.6. The van der Waals surface area contributed by atoms with Crippen LogP contribution in [0.1, 0.15) is 17.5 Å². The van der Waals surface area contributed by atoms with Gasteiger partial charge in [-0.1, -0.05) is 0 Å². The highest BCUT2D eigenvalue weighted by atomic mass is 19.4. The molecule has 1 fully saturated rings. The van der Waals surface area contributed by atoms with E-state index in [1.54, 1.807) is 0 Å². The summed E-state index contributed by atoms with van der Waals surface area (Å²) in [5.41, 5.74) is 4.95. The molecule has 11 nitrogen and oxygen atoms in total. The first kappa shape index (κ1) is 25.3. The van der Waals surface area contributed by atoms with E-state index in [4.69, 9.17) is 11.5 Å². The Morgan fingerprint density at radius 2 is 1.83 bits per heavy atom. The number of benzene rings is 1. The number of amides is 1. The van der Waals surface area contributed by atoms with Crippen molar-refractivity contribution in [3.63, 3.8) is 0 Å². The number of aromatic hydroxyl groups is 1. The number of halogens is 3. The van der Waals surface area contributed by atoms with Crippen LogP contribution in [-0.2, 0) is 20.8 Å². The highest BCUT2D eigenvalue weighted by molar-refractivity contribution is 6.24. The van der Waals surface area contributed by atoms with Crippen molar-refractivity contribution in [1.82, 2.24) is 4.90 Å². The number of fused-ring (bicyclic) bond motifs is 3. The molecule has 14 heteroatoms. The predicted octanol–water partition coefficient (Wildman–Crippen LogP) is 0.445. The fourth-order valence-electron chi connectivity index (χ4n) is 5.51. The normalized spacial score (nSPS) is 28.1. The van der Waals surface area contributed by atoms with E-state index in [2.05, 4.69) is 4.74 Å². The number of phenols is 1. The van der Waals surface area contributed by atoms with Crippen LogP contribution in [0, 0.1) is 11.8 Å². The van der Waals surface area contributed by atoms with Gasteiger partial charge in [-0.25, -0.2) is 0 Å². The van der Waals surface area contributed by atoms with Crippen molar-refractivity contribution in [3.05, 3.63) is 34.1 Å². The molecule has 1 aromatic carbocycles. The first-order valence-corrected chi connectivity index (χ1v) is 10.6. The first-order chi connectivity index (χ1) is 16.5. The molecule has 0 unspecified atom stereocenters. The molecule has 0 spiro atoms. The van der Waals surface area contributed by atoms with Crippen molar-refractivity contribution < 1.29 is 52.7 Å². The molecule has 0 heterocycles. The van der Waals surface area contributed by atoms with Crippen LogP contribution in [0.4, 0.5) is 18.9 Å². The number of ether oxygens (including phenoxy) is 1. The largest absolute Gasteiger partial charge is 0.573 e. The molecule has 0 bridgehead atoms. The van der Waals surface area contributed by atoms with Crippen LogP contribution in [0.15, 0.2) is 23.0 Å². The summed E-state index contributed by atoms with van der Waals surface area (Å²) in [4.78, 5) is 39.9. The lowest BCUT2D eigenvalue weighted by molar-refractivity contribution is -0.275. The van der Waals surface area contributed by atoms with E-state index in [1.165, 1.54) is 19.0 Å². The van der Waals surface area contributed by atoms with Gasteiger partial charge in [-0.05, 0) is 32.9 Å². The van der Waals surface area contributed by atoms with E-state index in [9.17, 15) is 48.0 Å². The van der Waals surface area contributed by atoms with Gasteiger partial charge < -0.3 is 36.6 Å². The van der Waals surface area contributed by atoms with E-state index >= 15 is 0 Å². The second-order valence-electron chi connectivity index (χ2n) is 9.18. The molecule has 36 heavy (non-hydrogen) atoms. The molecule has 4 rings (SSSR count). The van der Waals surface area contributed by atoms with Crippen molar-refractivity contribution >= 4 is 28.9 Å². The van der Waals surface area contributed by atoms with Crippen molar-refractivity contribution in [2.75, 3.05) is 19.8 Å². The Labute approximate surface area is 201 Å². The molecule has 0 aromatic heterocycles. The SMILES string of the molecule is CN(C)[C@@H]1C(=O)C(C(N)=O)=C(O)[C@@]2(O)C(=O)C3=C(O)c4c(O)c(N)cc(OC(F)(F)F)c4C[C@H]3C[C@@H]12. The molecular weight excluding hydrogens is 491 g/mol. The number of ketones is 2. The molecule has 8 N–H and O–H groups in total. The van der Waals surface area contributed by atoms with Crippen LogP contribution in [0.5, 0.6) is 11.5 Å². The zero-order chi connectivity index (χ0) is 27.1. The first-order valence-electron chi connectivity index (χ1n) is 10.6. The molecule has 3 aliphatic carbocycles. The number of likely N-dealkylation sites (N-methyl/N-ethyl adjacent to an activating group) is 1. The predicted molar refractivity (Wildman–Crippen MR) is 115 cm³/mol. The van der Waals surface area contributed by atoms with Crippen LogP contribution in [0.25, 0.3) is 5.76 Å². The van der Waals surface area contributed by atoms with E-state index in [0.717, 1.165) is 6.07 Å². The number of carbonyl (C=O) groups excluding carboxylic acids is 3. The molecule has 194 valence electrons. The van der Waals surface area contributed by atoms with Crippen molar-refractivity contribution in [3.8, 4) is 11.5 Å². The van der Waals surface area contributed by atoms with Gasteiger partial charge in [0, 0.05) is 23.1 Å². The number of rotatable bonds is 3. The molecule has 4 atom stereocenters. The van der Waals surface area contributed by atoms with Crippen LogP contribution in [0.3, 0.4) is 0 Å². The van der Waals surface area contributed by atoms with Crippen molar-refractivity contribution in [2.24, 2.45) is 17.6 Å². The Balaban J connectivity index is 1.98. The number of alkyl halides is 3. The van der Waals surface area contributed by atoms with Gasteiger partial charge in [0.2, 0.25) is 5.78 Å². The molecule has 3 aliphatic rings. The van der Waals surface area contributed by atoms with Gasteiger partial charge in [-0.15, -0.1) is 13.2 Å². The number of nitrogens with two attached hydrogens (primary N) is 2. The molecule has 0 radical (unpaired) electrons. The lowest BCUT2D eigenvalue weighted by Gasteiger charge is -2.50. The Morgan fingerprint density at radius 3 is 2.36 bits per heavy atom. The maximum absolute atomic E-state index is 13.6. The molecule has 0 saturated heterocycles. The number of aliphatic hydroxyl groups is 3. The lowest BCUT2D eigenvalue weighted by atomic mass is 9.57. The summed E-state index contributed by atoms with van der Waals surface area (Å²) < 4.78 is 43.1. The van der Waals surface area contributed by atoms with Gasteiger partial charge in [-0.3, -0.25) is 19.3 Å². The van der Waals surface area contributed by atoms with Crippen molar-refractivity contribution in [1.29, 1.82) is 0 Å². The number of nitrogen functional groups attached to an aromatic ring is 1. The standard InChI is InChI=1S/C22H22F3N3O8/c1-28(2)14-8-4-6-3-7-10(36-22(23,24)25)5-9(26)15(29)12(7)16(30)11(6)18(32)21(8,35)19(33)13(17(14)31)20(27)34/h5-6,8,14,29-30,33,35H,3-4,26H2,1-2H3,(H2,27,34)/t6-,8-,14-,21-/m0/s1. The number of nitrogens with zero attached hydrogens (tertiary/aromatic N) is 1. The smallest absolute Gasteiger partial charge is 0.508 e. The van der Waals surface area contributed by atoms with Crippen LogP contribution >= 0.6 is 0 Å². The summed E-state index contributed by atoms with van der Waals surface area (Å²) in [7, 11) is 2.84. The second-order valence-corrected chi connectivity index (χ2v) is 9.18. The highest BCUT2D eigenvalue weighted by Crippen LogP contribution is 2.54. The van der Waals surface area contributed by atoms with Gasteiger partial charge in [0.15, 0.2) is 11.4 Å². The topological polar surface area (TPSA) is 197 Å². The average molecular weight is 513 g/mol. The number of aliphatic hydroxyl groups excluding tert-OH is 2. The summed E-state index contributed by atoms with van der Waals surface area (Å²) in [5.74, 6) is -9.98. The van der Waals surface area contributed by atoms with E-state index in [-0.39, 0.29) is 18.4 Å². The molecule has 1 saturated carbocycles. The number of phenolic OH excluding ortho intramolecular Hbond substituents is 1. The summed E-state index contributed by atoms with van der Waals surface area (Å²) in [5, 5.41) is 43.6. The van der Waals surface area contributed by atoms with E-state index < -0.39 is 92.7 Å². The van der Waals surface area contributed by atoms with E-state index in [0.29, 0.717) is 0 Å². The Bertz CT molecular complexity index is 1290. The van der Waals surface area contributed by atoms with Gasteiger partial charge >= 0.3 is 6.36 Å². The molecule has 1 aromatic rings. The summed E-state index contributed by atoms with van der Waals surface area (Å²) >= 11 is 0. The van der Waals surface area contributed by atoms with Gasteiger partial charge in [0.1, 0.15) is 28.6 Å². The zero-order valence-corrected chi connectivity index (χ0v) is 18.9. The maximum Gasteiger partial charge on any atom is 0.573 e. The van der Waals surface area contributed by atoms with Crippen molar-refractivity contribution in [2.45, 2.75) is 30.8 Å². The second kappa shape index (κ2) is 7.86. The molecular formula is C22H22F3N3O8. The monoisotopic (exact) mass is 513 g/mol. The number of hydrogen-bond donors (Lipinski definition) is 6. The average Bonchev–Trinajstić information content (AvgIpc) is 2.72. The number of hydrogen-bond acceptors (Lipinski definition) is 10. The van der Waals surface area contributed by atoms with Gasteiger partial charge in [0.05, 0.1) is 17.3 Å². The van der Waals surface area contributed by atoms with Gasteiger partial charge in [0.25, 0.3) is 5.91 Å². The Morgan fingerprint density at radius 1 is 1.22 bits per heavy atom. The third-order valence-electron chi connectivity index (χ3n) is 6.94. The highest BCUT2D eigenvalue weighted by Gasteiger charge is 2.64. The summed E-state index contributed by atoms with van der Waals surface area (Å²) in [6, 6.07) is -0.602. The third kappa shape index (κ3) is 3.39. The quantitative estimate of drug-likeness (QED) is 0.187. The van der Waals surface area contributed by atoms with E-state index in [1.807, 2.05) is 0 Å². The summed E-state index contributed by atoms with van der Waals surface area (Å²) in [6.07, 6.45) is -5.82. The number of anilines is 1. The number of carbonyl (C=O) groups is 3. The third-order valence-corrected chi connectivity index (χ3v) is 6.94. The zero-order valence-electron chi connectivity index (χ0n) is 18.9. The van der Waals surface area contributed by atoms with Crippen LogP contribution < -0.4 is 16.2 Å². The van der Waals surface area contributed by atoms with Crippen LogP contribution in [0.2, 0.25) is 0 Å². The molecule has 0 aliphatic heterocycles. The lowest BCUT2D eigenvalue weighted by Crippen LogP contribution is -2.65. The number of Topliss-reactive ketones (excluding diaryl/α,β-unsaturated/α-hetero) is 2.